The summed E-state index contributed by atoms with van der Waals surface area (Å²) in [6, 6.07) is 5.79. The zero-order chi connectivity index (χ0) is 9.80. The van der Waals surface area contributed by atoms with Gasteiger partial charge < -0.3 is 10.6 Å². The summed E-state index contributed by atoms with van der Waals surface area (Å²) in [5, 5.41) is 6.67. The smallest absolute Gasteiger partial charge is 0.125 e. The molecule has 3 nitrogen and oxygen atoms in total. The quantitative estimate of drug-likeness (QED) is 0.830. The Bertz CT molecular complexity index is 328. The number of nitrogens with one attached hydrogen (secondary N) is 2. The lowest BCUT2D eigenvalue weighted by atomic mass is 10.4. The maximum absolute atomic E-state index is 5.81. The molecular formula is C9H10ClN3S. The molecule has 0 amide bonds. The van der Waals surface area contributed by atoms with Crippen LogP contribution in [0.4, 0.5) is 5.82 Å². The molecule has 0 aromatic carbocycles. The highest BCUT2D eigenvalue weighted by Crippen LogP contribution is 2.28. The average Bonchev–Trinajstić information content (AvgIpc) is 2.63. The SMILES string of the molecule is ClC1=CNC(CNc2ccccn2)S1. The number of aromatic nitrogens is 1. The van der Waals surface area contributed by atoms with Gasteiger partial charge in [-0.15, -0.1) is 0 Å². The maximum Gasteiger partial charge on any atom is 0.125 e. The van der Waals surface area contributed by atoms with Crippen molar-refractivity contribution in [1.82, 2.24) is 10.3 Å². The zero-order valence-corrected chi connectivity index (χ0v) is 8.98. The van der Waals surface area contributed by atoms with Gasteiger partial charge in [-0.2, -0.15) is 0 Å². The minimum atomic E-state index is 0.296. The minimum Gasteiger partial charge on any atom is -0.376 e. The summed E-state index contributed by atoms with van der Waals surface area (Å²) in [6.45, 7) is 0.800. The van der Waals surface area contributed by atoms with Crippen LogP contribution in [0.1, 0.15) is 0 Å². The van der Waals surface area contributed by atoms with Crippen molar-refractivity contribution in [3.8, 4) is 0 Å². The molecule has 5 heteroatoms. The Labute approximate surface area is 91.9 Å². The largest absolute Gasteiger partial charge is 0.376 e. The van der Waals surface area contributed by atoms with Crippen LogP contribution in [0.3, 0.4) is 0 Å². The van der Waals surface area contributed by atoms with Gasteiger partial charge in [0.1, 0.15) is 5.82 Å². The summed E-state index contributed by atoms with van der Waals surface area (Å²) < 4.78 is 0.804. The fourth-order valence-corrected chi connectivity index (χ4v) is 2.22. The molecule has 1 atom stereocenters. The molecule has 1 unspecified atom stereocenters. The van der Waals surface area contributed by atoms with E-state index in [1.807, 2.05) is 24.4 Å². The van der Waals surface area contributed by atoms with E-state index < -0.39 is 0 Å². The molecule has 14 heavy (non-hydrogen) atoms. The highest BCUT2D eigenvalue weighted by Gasteiger charge is 2.14. The molecular weight excluding hydrogens is 218 g/mol. The Morgan fingerprint density at radius 1 is 1.57 bits per heavy atom. The molecule has 1 aromatic rings. The molecule has 1 aromatic heterocycles. The Balaban J connectivity index is 1.79. The topological polar surface area (TPSA) is 37.0 Å². The van der Waals surface area contributed by atoms with Crippen molar-refractivity contribution >= 4 is 29.2 Å². The number of halogens is 1. The second-order valence-corrected chi connectivity index (χ2v) is 4.69. The van der Waals surface area contributed by atoms with Gasteiger partial charge in [-0.1, -0.05) is 29.4 Å². The van der Waals surface area contributed by atoms with Gasteiger partial charge in [-0.25, -0.2) is 4.98 Å². The molecule has 1 aliphatic heterocycles. The van der Waals surface area contributed by atoms with Crippen LogP contribution in [0, 0.1) is 0 Å². The van der Waals surface area contributed by atoms with Crippen molar-refractivity contribution in [3.63, 3.8) is 0 Å². The van der Waals surface area contributed by atoms with Crippen molar-refractivity contribution in [2.24, 2.45) is 0 Å². The van der Waals surface area contributed by atoms with Crippen LogP contribution in [-0.4, -0.2) is 16.9 Å². The second kappa shape index (κ2) is 4.57. The Kier molecular flexibility index (Phi) is 3.16. The normalized spacial score (nSPS) is 20.1. The molecule has 0 spiro atoms. The minimum absolute atomic E-state index is 0.296. The van der Waals surface area contributed by atoms with E-state index in [4.69, 9.17) is 11.6 Å². The van der Waals surface area contributed by atoms with E-state index in [9.17, 15) is 0 Å². The molecule has 0 saturated heterocycles. The van der Waals surface area contributed by atoms with Gasteiger partial charge in [0, 0.05) is 18.9 Å². The van der Waals surface area contributed by atoms with Crippen LogP contribution in [-0.2, 0) is 0 Å². The summed E-state index contributed by atoms with van der Waals surface area (Å²) >= 11 is 7.42. The molecule has 0 fully saturated rings. The predicted octanol–water partition coefficient (Wildman–Crippen LogP) is 2.19. The Hall–Kier alpha value is -0.870. The Morgan fingerprint density at radius 3 is 3.14 bits per heavy atom. The fourth-order valence-electron chi connectivity index (χ4n) is 1.13. The molecule has 2 N–H and O–H groups in total. The van der Waals surface area contributed by atoms with Crippen molar-refractivity contribution in [3.05, 3.63) is 35.0 Å². The van der Waals surface area contributed by atoms with E-state index in [0.717, 1.165) is 16.7 Å². The molecule has 0 radical (unpaired) electrons. The van der Waals surface area contributed by atoms with E-state index in [1.165, 1.54) is 0 Å². The number of pyridine rings is 1. The molecule has 1 aliphatic rings. The third-order valence-corrected chi connectivity index (χ3v) is 3.08. The lowest BCUT2D eigenvalue weighted by molar-refractivity contribution is 0.822. The molecule has 74 valence electrons. The summed E-state index contributed by atoms with van der Waals surface area (Å²) in [4.78, 5) is 4.16. The van der Waals surface area contributed by atoms with Gasteiger partial charge in [0.2, 0.25) is 0 Å². The first-order chi connectivity index (χ1) is 6.84. The monoisotopic (exact) mass is 227 g/mol. The number of nitrogens with zero attached hydrogens (tertiary/aromatic N) is 1. The van der Waals surface area contributed by atoms with Gasteiger partial charge in [0.05, 0.1) is 9.74 Å². The summed E-state index contributed by atoms with van der Waals surface area (Å²) in [5.41, 5.74) is 0. The van der Waals surface area contributed by atoms with Crippen molar-refractivity contribution in [1.29, 1.82) is 0 Å². The van der Waals surface area contributed by atoms with Crippen molar-refractivity contribution in [2.45, 2.75) is 5.37 Å². The van der Waals surface area contributed by atoms with Crippen LogP contribution >= 0.6 is 23.4 Å². The first-order valence-electron chi connectivity index (χ1n) is 4.28. The molecule has 2 rings (SSSR count). The maximum atomic E-state index is 5.81. The summed E-state index contributed by atoms with van der Waals surface area (Å²) in [6.07, 6.45) is 3.58. The second-order valence-electron chi connectivity index (χ2n) is 2.82. The number of rotatable bonds is 3. The van der Waals surface area contributed by atoms with E-state index in [1.54, 1.807) is 18.0 Å². The highest BCUT2D eigenvalue weighted by atomic mass is 35.5. The van der Waals surface area contributed by atoms with Crippen LogP contribution in [0.5, 0.6) is 0 Å². The standard InChI is InChI=1S/C9H10ClN3S/c10-7-5-13-9(14-7)6-12-8-3-1-2-4-11-8/h1-5,9,13H,6H2,(H,11,12). The number of thioether (sulfide) groups is 1. The van der Waals surface area contributed by atoms with Crippen LogP contribution in [0.2, 0.25) is 0 Å². The molecule has 0 bridgehead atoms. The van der Waals surface area contributed by atoms with Crippen LogP contribution in [0.25, 0.3) is 0 Å². The predicted molar refractivity (Wildman–Crippen MR) is 61.2 cm³/mol. The van der Waals surface area contributed by atoms with E-state index in [2.05, 4.69) is 15.6 Å². The third-order valence-electron chi connectivity index (χ3n) is 1.77. The zero-order valence-electron chi connectivity index (χ0n) is 7.40. The van der Waals surface area contributed by atoms with E-state index in [0.29, 0.717) is 5.37 Å². The lowest BCUT2D eigenvalue weighted by Crippen LogP contribution is -2.25. The summed E-state index contributed by atoms with van der Waals surface area (Å²) in [5.74, 6) is 0.887. The van der Waals surface area contributed by atoms with Crippen molar-refractivity contribution < 1.29 is 0 Å². The van der Waals surface area contributed by atoms with Gasteiger partial charge in [0.15, 0.2) is 0 Å². The first kappa shape index (κ1) is 9.68. The highest BCUT2D eigenvalue weighted by molar-refractivity contribution is 8.05. The van der Waals surface area contributed by atoms with Crippen molar-refractivity contribution in [2.75, 3.05) is 11.9 Å². The lowest BCUT2D eigenvalue weighted by Gasteiger charge is -2.11. The summed E-state index contributed by atoms with van der Waals surface area (Å²) in [7, 11) is 0. The molecule has 2 heterocycles. The van der Waals surface area contributed by atoms with Crippen LogP contribution in [0.15, 0.2) is 35.0 Å². The van der Waals surface area contributed by atoms with Gasteiger partial charge in [-0.3, -0.25) is 0 Å². The molecule has 0 saturated carbocycles. The average molecular weight is 228 g/mol. The van der Waals surface area contributed by atoms with Gasteiger partial charge >= 0.3 is 0 Å². The number of anilines is 1. The number of hydrogen-bond acceptors (Lipinski definition) is 4. The van der Waals surface area contributed by atoms with E-state index >= 15 is 0 Å². The first-order valence-corrected chi connectivity index (χ1v) is 5.53. The van der Waals surface area contributed by atoms with Gasteiger partial charge in [0.25, 0.3) is 0 Å². The number of hydrogen-bond donors (Lipinski definition) is 2. The Morgan fingerprint density at radius 2 is 2.50 bits per heavy atom. The van der Waals surface area contributed by atoms with E-state index in [-0.39, 0.29) is 0 Å². The molecule has 0 aliphatic carbocycles. The third kappa shape index (κ3) is 2.56. The van der Waals surface area contributed by atoms with Gasteiger partial charge in [-0.05, 0) is 12.1 Å². The fraction of sp³-hybridized carbons (Fsp3) is 0.222. The van der Waals surface area contributed by atoms with Crippen LogP contribution < -0.4 is 10.6 Å².